The molecule has 0 spiro atoms. The Hall–Kier alpha value is -2.21. The zero-order valence-corrected chi connectivity index (χ0v) is 20.2. The second-order valence-electron chi connectivity index (χ2n) is 7.45. The van der Waals surface area contributed by atoms with Crippen molar-refractivity contribution >= 4 is 40.8 Å². The molecule has 1 aliphatic rings. The standard InChI is InChI=1S/C21H28FN7O.HI/c1-3-23-21(24-9-8-14-11-25-18-6-4-15(22)10-17(14)18)26-16-5-7-20-27-19(13-30-2)28-29(20)12-16;/h4,6,10-11,16,25H,3,5,7-9,12-13H2,1-2H3,(H2,23,24,26);1H. The van der Waals surface area contributed by atoms with Crippen LogP contribution < -0.4 is 10.6 Å². The molecule has 3 aromatic rings. The molecule has 3 N–H and O–H groups in total. The van der Waals surface area contributed by atoms with Crippen molar-refractivity contribution < 1.29 is 9.13 Å². The molecule has 0 saturated carbocycles. The number of aryl methyl sites for hydroxylation is 1. The summed E-state index contributed by atoms with van der Waals surface area (Å²) < 4.78 is 20.7. The fraction of sp³-hybridized carbons (Fsp3) is 0.476. The number of hydrogen-bond acceptors (Lipinski definition) is 4. The number of hydrogen-bond donors (Lipinski definition) is 3. The fourth-order valence-corrected chi connectivity index (χ4v) is 3.83. The quantitative estimate of drug-likeness (QED) is 0.243. The molecule has 0 bridgehead atoms. The highest BCUT2D eigenvalue weighted by Crippen LogP contribution is 2.20. The van der Waals surface area contributed by atoms with E-state index in [4.69, 9.17) is 9.73 Å². The van der Waals surface area contributed by atoms with Crippen molar-refractivity contribution in [2.75, 3.05) is 20.2 Å². The van der Waals surface area contributed by atoms with E-state index in [1.165, 1.54) is 6.07 Å². The molecular formula is C21H29FIN7O. The van der Waals surface area contributed by atoms with Crippen LogP contribution in [0.4, 0.5) is 4.39 Å². The van der Waals surface area contributed by atoms with Crippen LogP contribution in [0.2, 0.25) is 0 Å². The Kier molecular flexibility index (Phi) is 8.24. The average Bonchev–Trinajstić information content (AvgIpc) is 3.31. The zero-order chi connectivity index (χ0) is 20.9. The lowest BCUT2D eigenvalue weighted by Crippen LogP contribution is -2.47. The number of fused-ring (bicyclic) bond motifs is 2. The number of aliphatic imine (C=N–C) groups is 1. The molecule has 0 fully saturated rings. The number of nitrogens with one attached hydrogen (secondary N) is 3. The van der Waals surface area contributed by atoms with Crippen molar-refractivity contribution in [3.8, 4) is 0 Å². The molecule has 4 rings (SSSR count). The Balaban J connectivity index is 0.00000272. The Morgan fingerprint density at radius 3 is 3.10 bits per heavy atom. The van der Waals surface area contributed by atoms with E-state index in [0.717, 1.165) is 66.4 Å². The molecule has 1 atom stereocenters. The lowest BCUT2D eigenvalue weighted by atomic mass is 10.1. The summed E-state index contributed by atoms with van der Waals surface area (Å²) in [5, 5.41) is 12.3. The van der Waals surface area contributed by atoms with Gasteiger partial charge in [0, 0.05) is 49.8 Å². The predicted molar refractivity (Wildman–Crippen MR) is 129 cm³/mol. The number of benzene rings is 1. The molecule has 0 saturated heterocycles. The maximum absolute atomic E-state index is 13.6. The first-order valence-electron chi connectivity index (χ1n) is 10.4. The molecule has 1 aromatic carbocycles. The summed E-state index contributed by atoms with van der Waals surface area (Å²) in [7, 11) is 1.65. The van der Waals surface area contributed by atoms with Crippen molar-refractivity contribution in [1.82, 2.24) is 30.4 Å². The molecule has 31 heavy (non-hydrogen) atoms. The van der Waals surface area contributed by atoms with Gasteiger partial charge in [0.05, 0.1) is 6.54 Å². The maximum Gasteiger partial charge on any atom is 0.191 e. The minimum atomic E-state index is -0.222. The Labute approximate surface area is 198 Å². The van der Waals surface area contributed by atoms with Crippen LogP contribution in [0.15, 0.2) is 29.4 Å². The van der Waals surface area contributed by atoms with Gasteiger partial charge in [0.2, 0.25) is 0 Å². The molecule has 1 unspecified atom stereocenters. The summed E-state index contributed by atoms with van der Waals surface area (Å²) in [5.41, 5.74) is 2.01. The van der Waals surface area contributed by atoms with Crippen LogP contribution in [0.25, 0.3) is 10.9 Å². The highest BCUT2D eigenvalue weighted by atomic mass is 127. The van der Waals surface area contributed by atoms with E-state index >= 15 is 0 Å². The number of aromatic amines is 1. The summed E-state index contributed by atoms with van der Waals surface area (Å²) in [6, 6.07) is 5.04. The molecule has 0 radical (unpaired) electrons. The Morgan fingerprint density at radius 2 is 2.29 bits per heavy atom. The Morgan fingerprint density at radius 1 is 1.42 bits per heavy atom. The lowest BCUT2D eigenvalue weighted by Gasteiger charge is -2.25. The highest BCUT2D eigenvalue weighted by Gasteiger charge is 2.22. The Bertz CT molecular complexity index is 1030. The first kappa shape index (κ1) is 23.5. The highest BCUT2D eigenvalue weighted by molar-refractivity contribution is 14.0. The fourth-order valence-electron chi connectivity index (χ4n) is 3.83. The molecule has 10 heteroatoms. The normalized spacial score (nSPS) is 16.1. The van der Waals surface area contributed by atoms with Gasteiger partial charge in [-0.3, -0.25) is 4.99 Å². The van der Waals surface area contributed by atoms with Crippen molar-refractivity contribution in [2.45, 2.75) is 45.4 Å². The number of H-pyrrole nitrogens is 1. The third kappa shape index (κ3) is 5.73. The van der Waals surface area contributed by atoms with Crippen LogP contribution in [0.3, 0.4) is 0 Å². The van der Waals surface area contributed by atoms with Crippen LogP contribution >= 0.6 is 24.0 Å². The summed E-state index contributed by atoms with van der Waals surface area (Å²) in [5.74, 6) is 2.30. The topological polar surface area (TPSA) is 92.2 Å². The van der Waals surface area contributed by atoms with Crippen molar-refractivity contribution in [3.63, 3.8) is 0 Å². The van der Waals surface area contributed by atoms with Crippen LogP contribution in [0.1, 0.15) is 30.6 Å². The van der Waals surface area contributed by atoms with Crippen LogP contribution in [0.5, 0.6) is 0 Å². The van der Waals surface area contributed by atoms with Crippen molar-refractivity contribution in [2.24, 2.45) is 4.99 Å². The predicted octanol–water partition coefficient (Wildman–Crippen LogP) is 2.78. The van der Waals surface area contributed by atoms with Gasteiger partial charge < -0.3 is 20.4 Å². The van der Waals surface area contributed by atoms with Gasteiger partial charge in [-0.15, -0.1) is 24.0 Å². The van der Waals surface area contributed by atoms with E-state index in [-0.39, 0.29) is 35.8 Å². The molecule has 2 aromatic heterocycles. The largest absolute Gasteiger partial charge is 0.377 e. The molecule has 168 valence electrons. The smallest absolute Gasteiger partial charge is 0.191 e. The van der Waals surface area contributed by atoms with Crippen LogP contribution in [0, 0.1) is 5.82 Å². The van der Waals surface area contributed by atoms with Gasteiger partial charge in [-0.2, -0.15) is 5.10 Å². The summed E-state index contributed by atoms with van der Waals surface area (Å²) in [6.45, 7) is 4.62. The van der Waals surface area contributed by atoms with Gasteiger partial charge in [-0.25, -0.2) is 14.1 Å². The van der Waals surface area contributed by atoms with E-state index in [1.54, 1.807) is 19.2 Å². The van der Waals surface area contributed by atoms with Gasteiger partial charge in [0.1, 0.15) is 18.2 Å². The number of guanidine groups is 1. The van der Waals surface area contributed by atoms with Crippen LogP contribution in [-0.2, 0) is 30.7 Å². The van der Waals surface area contributed by atoms with E-state index < -0.39 is 0 Å². The van der Waals surface area contributed by atoms with E-state index in [2.05, 4.69) is 25.7 Å². The third-order valence-electron chi connectivity index (χ3n) is 5.24. The van der Waals surface area contributed by atoms with Gasteiger partial charge in [-0.1, -0.05) is 0 Å². The summed E-state index contributed by atoms with van der Waals surface area (Å²) in [4.78, 5) is 12.4. The first-order chi connectivity index (χ1) is 14.7. The summed E-state index contributed by atoms with van der Waals surface area (Å²) >= 11 is 0. The number of ether oxygens (including phenoxy) is 1. The molecule has 8 nitrogen and oxygen atoms in total. The third-order valence-corrected chi connectivity index (χ3v) is 5.24. The summed E-state index contributed by atoms with van der Waals surface area (Å²) in [6.07, 6.45) is 4.51. The molecule has 0 aliphatic carbocycles. The number of methoxy groups -OCH3 is 1. The van der Waals surface area contributed by atoms with E-state index in [1.807, 2.05) is 17.8 Å². The first-order valence-corrected chi connectivity index (χ1v) is 10.4. The second kappa shape index (κ2) is 10.9. The second-order valence-corrected chi connectivity index (χ2v) is 7.45. The number of rotatable bonds is 7. The average molecular weight is 541 g/mol. The van der Waals surface area contributed by atoms with Crippen molar-refractivity contribution in [1.29, 1.82) is 0 Å². The van der Waals surface area contributed by atoms with Gasteiger partial charge in [0.25, 0.3) is 0 Å². The number of aromatic nitrogens is 4. The minimum Gasteiger partial charge on any atom is -0.377 e. The molecule has 0 amide bonds. The lowest BCUT2D eigenvalue weighted by molar-refractivity contribution is 0.177. The SMILES string of the molecule is CCNC(=NCCc1c[nH]c2ccc(F)cc12)NC1CCc2nc(COC)nn2C1.I. The van der Waals surface area contributed by atoms with Crippen molar-refractivity contribution in [3.05, 3.63) is 47.4 Å². The van der Waals surface area contributed by atoms with Gasteiger partial charge >= 0.3 is 0 Å². The van der Waals surface area contributed by atoms with Crippen LogP contribution in [-0.4, -0.2) is 51.9 Å². The van der Waals surface area contributed by atoms with E-state index in [9.17, 15) is 4.39 Å². The zero-order valence-electron chi connectivity index (χ0n) is 17.8. The molecular weight excluding hydrogens is 512 g/mol. The number of nitrogens with zero attached hydrogens (tertiary/aromatic N) is 4. The molecule has 3 heterocycles. The van der Waals surface area contributed by atoms with E-state index in [0.29, 0.717) is 13.2 Å². The minimum absolute atomic E-state index is 0. The number of halogens is 2. The monoisotopic (exact) mass is 541 g/mol. The molecule has 1 aliphatic heterocycles. The maximum atomic E-state index is 13.6. The van der Waals surface area contributed by atoms with Gasteiger partial charge in [0.15, 0.2) is 11.8 Å². The van der Waals surface area contributed by atoms with Gasteiger partial charge in [-0.05, 0) is 43.5 Å².